The molecule has 214 valence electrons. The lowest BCUT2D eigenvalue weighted by Crippen LogP contribution is -2.55. The van der Waals surface area contributed by atoms with Crippen molar-refractivity contribution in [3.8, 4) is 0 Å². The summed E-state index contributed by atoms with van der Waals surface area (Å²) in [6.07, 6.45) is 0.283. The van der Waals surface area contributed by atoms with E-state index in [1.807, 2.05) is 27.7 Å². The Morgan fingerprint density at radius 2 is 1.48 bits per heavy atom. The number of nitrogens with zero attached hydrogens (tertiary/aromatic N) is 2. The summed E-state index contributed by atoms with van der Waals surface area (Å²) in [5.74, 6) is -0.939. The van der Waals surface area contributed by atoms with E-state index in [1.165, 1.54) is 17.0 Å². The first-order chi connectivity index (χ1) is 18.7. The number of anilines is 1. The Bertz CT molecular complexity index is 1420. The third-order valence-corrected chi connectivity index (χ3v) is 8.70. The van der Waals surface area contributed by atoms with Gasteiger partial charge in [0.1, 0.15) is 12.6 Å². The second-order valence-corrected chi connectivity index (χ2v) is 13.2. The third kappa shape index (κ3) is 7.77. The Balaban J connectivity index is 2.10. The zero-order chi connectivity index (χ0) is 29.7. The molecule has 0 aliphatic heterocycles. The minimum absolute atomic E-state index is 0.0431. The van der Waals surface area contributed by atoms with Crippen LogP contribution in [0.15, 0.2) is 77.7 Å². The second-order valence-electron chi connectivity index (χ2n) is 10.5. The van der Waals surface area contributed by atoms with E-state index in [1.54, 1.807) is 67.6 Å². The van der Waals surface area contributed by atoms with E-state index in [-0.39, 0.29) is 23.8 Å². The molecule has 7 nitrogen and oxygen atoms in total. The fraction of sp³-hybridized carbons (Fsp3) is 0.333. The van der Waals surface area contributed by atoms with Crippen LogP contribution in [0.1, 0.15) is 45.2 Å². The van der Waals surface area contributed by atoms with Crippen LogP contribution in [0.5, 0.6) is 0 Å². The first kappa shape index (κ1) is 31.5. The molecule has 0 heterocycles. The van der Waals surface area contributed by atoms with Gasteiger partial charge in [-0.25, -0.2) is 8.42 Å². The van der Waals surface area contributed by atoms with Crippen molar-refractivity contribution in [2.75, 3.05) is 10.8 Å². The molecule has 0 saturated heterocycles. The van der Waals surface area contributed by atoms with Crippen molar-refractivity contribution in [1.82, 2.24) is 10.2 Å². The normalized spacial score (nSPS) is 12.5. The van der Waals surface area contributed by atoms with Crippen molar-refractivity contribution in [2.45, 2.75) is 64.1 Å². The summed E-state index contributed by atoms with van der Waals surface area (Å²) in [6.45, 7) is 8.60. The Morgan fingerprint density at radius 1 is 0.900 bits per heavy atom. The molecule has 3 aromatic carbocycles. The molecule has 1 N–H and O–H groups in total. The maximum atomic E-state index is 14.1. The Hall–Kier alpha value is -3.07. The van der Waals surface area contributed by atoms with Gasteiger partial charge in [-0.3, -0.25) is 13.9 Å². The summed E-state index contributed by atoms with van der Waals surface area (Å²) in [6, 6.07) is 18.9. The van der Waals surface area contributed by atoms with E-state index in [9.17, 15) is 18.0 Å². The maximum Gasteiger partial charge on any atom is 0.264 e. The SMILES string of the molecule is CCC(C(=O)NC(C)(C)C)N(Cc1c(Cl)cccc1Cl)C(=O)CN(c1ccc(C)cc1)S(=O)(=O)c1ccccc1. The van der Waals surface area contributed by atoms with Gasteiger partial charge in [-0.1, -0.05) is 72.1 Å². The number of hydrogen-bond acceptors (Lipinski definition) is 4. The Labute approximate surface area is 247 Å². The fourth-order valence-corrected chi connectivity index (χ4v) is 6.14. The number of carbonyl (C=O) groups is 2. The van der Waals surface area contributed by atoms with Crippen molar-refractivity contribution in [3.63, 3.8) is 0 Å². The Morgan fingerprint density at radius 3 is 2.00 bits per heavy atom. The summed E-state index contributed by atoms with van der Waals surface area (Å²) in [4.78, 5) is 28.9. The lowest BCUT2D eigenvalue weighted by Gasteiger charge is -2.35. The maximum absolute atomic E-state index is 14.1. The minimum Gasteiger partial charge on any atom is -0.350 e. The van der Waals surface area contributed by atoms with Gasteiger partial charge in [-0.15, -0.1) is 0 Å². The van der Waals surface area contributed by atoms with Crippen molar-refractivity contribution in [1.29, 1.82) is 0 Å². The van der Waals surface area contributed by atoms with E-state index in [0.29, 0.717) is 21.3 Å². The smallest absolute Gasteiger partial charge is 0.264 e. The highest BCUT2D eigenvalue weighted by molar-refractivity contribution is 7.92. The third-order valence-electron chi connectivity index (χ3n) is 6.21. The van der Waals surface area contributed by atoms with Gasteiger partial charge in [0.2, 0.25) is 11.8 Å². The molecule has 0 radical (unpaired) electrons. The largest absolute Gasteiger partial charge is 0.350 e. The number of hydrogen-bond donors (Lipinski definition) is 1. The molecule has 1 atom stereocenters. The lowest BCUT2D eigenvalue weighted by atomic mass is 10.1. The zero-order valence-electron chi connectivity index (χ0n) is 23.3. The molecule has 0 aliphatic carbocycles. The summed E-state index contributed by atoms with van der Waals surface area (Å²) in [5.41, 5.74) is 1.18. The number of aryl methyl sites for hydroxylation is 1. The van der Waals surface area contributed by atoms with Gasteiger partial charge in [0.15, 0.2) is 0 Å². The van der Waals surface area contributed by atoms with E-state index in [2.05, 4.69) is 5.32 Å². The van der Waals surface area contributed by atoms with Gasteiger partial charge in [-0.05, 0) is 70.5 Å². The number of rotatable bonds is 10. The molecule has 0 saturated carbocycles. The molecule has 0 aliphatic rings. The van der Waals surface area contributed by atoms with Crippen LogP contribution in [0.2, 0.25) is 10.0 Å². The molecular weight excluding hydrogens is 569 g/mol. The standard InChI is InChI=1S/C30H35Cl2N3O4S/c1-6-27(29(37)33-30(3,4)5)34(19-24-25(31)13-10-14-26(24)32)28(36)20-35(22-17-15-21(2)16-18-22)40(38,39)23-11-8-7-9-12-23/h7-18,27H,6,19-20H2,1-5H3,(H,33,37). The summed E-state index contributed by atoms with van der Waals surface area (Å²) >= 11 is 12.9. The van der Waals surface area contributed by atoms with Crippen LogP contribution >= 0.6 is 23.2 Å². The van der Waals surface area contributed by atoms with Gasteiger partial charge in [-0.2, -0.15) is 0 Å². The van der Waals surface area contributed by atoms with Crippen LogP contribution in [-0.4, -0.2) is 43.3 Å². The van der Waals surface area contributed by atoms with E-state index < -0.39 is 34.1 Å². The molecule has 0 fully saturated rings. The predicted octanol–water partition coefficient (Wildman–Crippen LogP) is 6.22. The summed E-state index contributed by atoms with van der Waals surface area (Å²) in [7, 11) is -4.13. The number of halogens is 2. The number of nitrogens with one attached hydrogen (secondary N) is 1. The summed E-state index contributed by atoms with van der Waals surface area (Å²) in [5, 5.41) is 3.61. The number of sulfonamides is 1. The predicted molar refractivity (Wildman–Crippen MR) is 161 cm³/mol. The number of benzene rings is 3. The van der Waals surface area contributed by atoms with Crippen molar-refractivity contribution < 1.29 is 18.0 Å². The molecule has 2 amide bonds. The second kappa shape index (κ2) is 13.1. The van der Waals surface area contributed by atoms with E-state index >= 15 is 0 Å². The van der Waals surface area contributed by atoms with Crippen LogP contribution in [0.3, 0.4) is 0 Å². The molecule has 3 rings (SSSR count). The molecule has 40 heavy (non-hydrogen) atoms. The van der Waals surface area contributed by atoms with Crippen LogP contribution in [0.4, 0.5) is 5.69 Å². The monoisotopic (exact) mass is 603 g/mol. The summed E-state index contributed by atoms with van der Waals surface area (Å²) < 4.78 is 28.7. The molecule has 1 unspecified atom stereocenters. The molecule has 0 bridgehead atoms. The van der Waals surface area contributed by atoms with E-state index in [0.717, 1.165) is 9.87 Å². The minimum atomic E-state index is -4.13. The first-order valence-electron chi connectivity index (χ1n) is 12.9. The van der Waals surface area contributed by atoms with Gasteiger partial charge >= 0.3 is 0 Å². The Kier molecular flexibility index (Phi) is 10.3. The number of carbonyl (C=O) groups excluding carboxylic acids is 2. The van der Waals surface area contributed by atoms with Crippen LogP contribution in [-0.2, 0) is 26.2 Å². The molecular formula is C30H35Cl2N3O4S. The van der Waals surface area contributed by atoms with Crippen LogP contribution in [0, 0.1) is 6.92 Å². The first-order valence-corrected chi connectivity index (χ1v) is 15.1. The highest BCUT2D eigenvalue weighted by atomic mass is 35.5. The highest BCUT2D eigenvalue weighted by Crippen LogP contribution is 2.29. The fourth-order valence-electron chi connectivity index (χ4n) is 4.19. The van der Waals surface area contributed by atoms with Crippen molar-refractivity contribution >= 4 is 50.7 Å². The molecule has 0 spiro atoms. The zero-order valence-corrected chi connectivity index (χ0v) is 25.6. The van der Waals surface area contributed by atoms with Gasteiger partial charge in [0, 0.05) is 27.7 Å². The number of amides is 2. The lowest BCUT2D eigenvalue weighted by molar-refractivity contribution is -0.141. The van der Waals surface area contributed by atoms with Gasteiger partial charge < -0.3 is 10.2 Å². The molecule has 10 heteroatoms. The van der Waals surface area contributed by atoms with Crippen molar-refractivity contribution in [3.05, 3.63) is 94.0 Å². The van der Waals surface area contributed by atoms with Crippen LogP contribution < -0.4 is 9.62 Å². The molecule has 0 aromatic heterocycles. The average Bonchev–Trinajstić information content (AvgIpc) is 2.88. The quantitative estimate of drug-likeness (QED) is 0.298. The van der Waals surface area contributed by atoms with Gasteiger partial charge in [0.05, 0.1) is 10.6 Å². The van der Waals surface area contributed by atoms with Crippen molar-refractivity contribution in [2.24, 2.45) is 0 Å². The van der Waals surface area contributed by atoms with E-state index in [4.69, 9.17) is 23.2 Å². The average molecular weight is 605 g/mol. The van der Waals surface area contributed by atoms with Crippen LogP contribution in [0.25, 0.3) is 0 Å². The molecule has 3 aromatic rings. The van der Waals surface area contributed by atoms with Gasteiger partial charge in [0.25, 0.3) is 10.0 Å². The highest BCUT2D eigenvalue weighted by Gasteiger charge is 2.35. The topological polar surface area (TPSA) is 86.8 Å².